The van der Waals surface area contributed by atoms with Gasteiger partial charge in [0.15, 0.2) is 0 Å². The summed E-state index contributed by atoms with van der Waals surface area (Å²) in [5.74, 6) is 0. The van der Waals surface area contributed by atoms with E-state index >= 15 is 0 Å². The number of aryl methyl sites for hydroxylation is 1. The maximum atomic E-state index is 3.48. The Kier molecular flexibility index (Phi) is 2.40. The molecule has 2 aliphatic rings. The van der Waals surface area contributed by atoms with Crippen LogP contribution >= 0.6 is 0 Å². The summed E-state index contributed by atoms with van der Waals surface area (Å²) in [5, 5.41) is 3.48. The Balaban J connectivity index is 1.66. The van der Waals surface area contributed by atoms with Crippen molar-refractivity contribution in [3.8, 4) is 0 Å². The predicted octanol–water partition coefficient (Wildman–Crippen LogP) is 2.05. The first-order valence-electron chi connectivity index (χ1n) is 6.36. The van der Waals surface area contributed by atoms with E-state index in [4.69, 9.17) is 0 Å². The molecule has 16 heavy (non-hydrogen) atoms. The molecule has 2 fully saturated rings. The third kappa shape index (κ3) is 1.61. The third-order valence-corrected chi connectivity index (χ3v) is 4.09. The normalized spacial score (nSPS) is 22.4. The molecule has 2 heterocycles. The van der Waals surface area contributed by atoms with Crippen molar-refractivity contribution in [2.45, 2.75) is 19.8 Å². The molecule has 0 unspecified atom stereocenters. The number of nitrogens with one attached hydrogen (secondary N) is 1. The molecule has 1 aromatic carbocycles. The van der Waals surface area contributed by atoms with Crippen molar-refractivity contribution in [2.24, 2.45) is 5.41 Å². The first-order chi connectivity index (χ1) is 7.81. The van der Waals surface area contributed by atoms with Crippen LogP contribution in [0.25, 0.3) is 0 Å². The lowest BCUT2D eigenvalue weighted by Crippen LogP contribution is -2.57. The van der Waals surface area contributed by atoms with Crippen LogP contribution in [0.1, 0.15) is 18.9 Å². The van der Waals surface area contributed by atoms with Gasteiger partial charge in [0.05, 0.1) is 0 Å². The molecule has 1 spiro atoms. The fourth-order valence-electron chi connectivity index (χ4n) is 2.95. The largest absolute Gasteiger partial charge is 0.370 e. The molecule has 0 aliphatic carbocycles. The maximum Gasteiger partial charge on any atom is 0.0366 e. The molecule has 0 saturated carbocycles. The van der Waals surface area contributed by atoms with Gasteiger partial charge in [0.25, 0.3) is 0 Å². The summed E-state index contributed by atoms with van der Waals surface area (Å²) in [4.78, 5) is 2.51. The molecule has 0 bridgehead atoms. The zero-order chi connectivity index (χ0) is 11.0. The molecule has 1 N–H and O–H groups in total. The molecule has 2 aliphatic heterocycles. The SMILES string of the molecule is CCc1ccc(N2CC3(CCNC3)C2)cc1. The van der Waals surface area contributed by atoms with Crippen molar-refractivity contribution in [3.05, 3.63) is 29.8 Å². The minimum absolute atomic E-state index is 0.601. The van der Waals surface area contributed by atoms with E-state index in [0.29, 0.717) is 5.41 Å². The van der Waals surface area contributed by atoms with E-state index in [1.807, 2.05) is 0 Å². The fourth-order valence-corrected chi connectivity index (χ4v) is 2.95. The van der Waals surface area contributed by atoms with Gasteiger partial charge in [-0.2, -0.15) is 0 Å². The number of hydrogen-bond donors (Lipinski definition) is 1. The van der Waals surface area contributed by atoms with Gasteiger partial charge in [-0.3, -0.25) is 0 Å². The van der Waals surface area contributed by atoms with E-state index in [0.717, 1.165) is 6.42 Å². The van der Waals surface area contributed by atoms with Crippen molar-refractivity contribution >= 4 is 5.69 Å². The standard InChI is InChI=1S/C14H20N2/c1-2-12-3-5-13(6-4-12)16-10-14(11-16)7-8-15-9-14/h3-6,15H,2,7-11H2,1H3. The lowest BCUT2D eigenvalue weighted by Gasteiger charge is -2.49. The van der Waals surface area contributed by atoms with Crippen LogP contribution in [0.2, 0.25) is 0 Å². The van der Waals surface area contributed by atoms with Crippen LogP contribution < -0.4 is 10.2 Å². The monoisotopic (exact) mass is 216 g/mol. The Morgan fingerprint density at radius 1 is 1.25 bits per heavy atom. The first kappa shape index (κ1) is 10.2. The highest BCUT2D eigenvalue weighted by Gasteiger charge is 2.44. The summed E-state index contributed by atoms with van der Waals surface area (Å²) in [6.45, 7) is 7.12. The Bertz CT molecular complexity index is 355. The van der Waals surface area contributed by atoms with Gasteiger partial charge in [0.2, 0.25) is 0 Å². The maximum absolute atomic E-state index is 3.48. The van der Waals surface area contributed by atoms with Gasteiger partial charge in [0.1, 0.15) is 0 Å². The highest BCUT2D eigenvalue weighted by atomic mass is 15.2. The molecule has 2 saturated heterocycles. The predicted molar refractivity (Wildman–Crippen MR) is 68.0 cm³/mol. The molecule has 86 valence electrons. The zero-order valence-electron chi connectivity index (χ0n) is 10.00. The minimum Gasteiger partial charge on any atom is -0.370 e. The molecular weight excluding hydrogens is 196 g/mol. The topological polar surface area (TPSA) is 15.3 Å². The Morgan fingerprint density at radius 2 is 2.00 bits per heavy atom. The van der Waals surface area contributed by atoms with Crippen molar-refractivity contribution in [1.82, 2.24) is 5.32 Å². The van der Waals surface area contributed by atoms with Gasteiger partial charge in [-0.15, -0.1) is 0 Å². The van der Waals surface area contributed by atoms with Crippen LogP contribution in [0.3, 0.4) is 0 Å². The van der Waals surface area contributed by atoms with Crippen molar-refractivity contribution in [2.75, 3.05) is 31.1 Å². The van der Waals surface area contributed by atoms with E-state index in [1.54, 1.807) is 0 Å². The van der Waals surface area contributed by atoms with E-state index in [2.05, 4.69) is 41.4 Å². The number of anilines is 1. The average Bonchev–Trinajstić information content (AvgIpc) is 2.76. The second-order valence-electron chi connectivity index (χ2n) is 5.30. The highest BCUT2D eigenvalue weighted by molar-refractivity contribution is 5.51. The molecule has 0 radical (unpaired) electrons. The third-order valence-electron chi connectivity index (χ3n) is 4.09. The van der Waals surface area contributed by atoms with Crippen LogP contribution in [0.15, 0.2) is 24.3 Å². The van der Waals surface area contributed by atoms with Crippen LogP contribution in [0.4, 0.5) is 5.69 Å². The highest BCUT2D eigenvalue weighted by Crippen LogP contribution is 2.38. The number of rotatable bonds is 2. The lowest BCUT2D eigenvalue weighted by molar-refractivity contribution is 0.243. The Morgan fingerprint density at radius 3 is 2.56 bits per heavy atom. The van der Waals surface area contributed by atoms with Crippen LogP contribution in [-0.2, 0) is 6.42 Å². The van der Waals surface area contributed by atoms with E-state index in [9.17, 15) is 0 Å². The van der Waals surface area contributed by atoms with E-state index in [1.165, 1.54) is 43.9 Å². The van der Waals surface area contributed by atoms with Gasteiger partial charge in [-0.05, 0) is 37.1 Å². The number of benzene rings is 1. The smallest absolute Gasteiger partial charge is 0.0366 e. The first-order valence-corrected chi connectivity index (χ1v) is 6.36. The summed E-state index contributed by atoms with van der Waals surface area (Å²) >= 11 is 0. The average molecular weight is 216 g/mol. The summed E-state index contributed by atoms with van der Waals surface area (Å²) in [5.41, 5.74) is 3.43. The van der Waals surface area contributed by atoms with Gasteiger partial charge in [-0.1, -0.05) is 19.1 Å². The Labute approximate surface area is 97.6 Å². The van der Waals surface area contributed by atoms with Crippen LogP contribution in [0.5, 0.6) is 0 Å². The molecular formula is C14H20N2. The summed E-state index contributed by atoms with van der Waals surface area (Å²) in [7, 11) is 0. The van der Waals surface area contributed by atoms with Crippen molar-refractivity contribution in [1.29, 1.82) is 0 Å². The Hall–Kier alpha value is -1.02. The number of hydrogen-bond acceptors (Lipinski definition) is 2. The summed E-state index contributed by atoms with van der Waals surface area (Å²) in [6.07, 6.45) is 2.49. The second-order valence-corrected chi connectivity index (χ2v) is 5.30. The van der Waals surface area contributed by atoms with Gasteiger partial charge in [-0.25, -0.2) is 0 Å². The van der Waals surface area contributed by atoms with Crippen LogP contribution in [-0.4, -0.2) is 26.2 Å². The van der Waals surface area contributed by atoms with Gasteiger partial charge < -0.3 is 10.2 Å². The molecule has 3 rings (SSSR count). The fraction of sp³-hybridized carbons (Fsp3) is 0.571. The van der Waals surface area contributed by atoms with Crippen molar-refractivity contribution < 1.29 is 0 Å². The second kappa shape index (κ2) is 3.77. The lowest BCUT2D eigenvalue weighted by atomic mass is 9.79. The molecule has 1 aromatic rings. The van der Waals surface area contributed by atoms with E-state index in [-0.39, 0.29) is 0 Å². The van der Waals surface area contributed by atoms with Gasteiger partial charge >= 0.3 is 0 Å². The molecule has 0 aromatic heterocycles. The number of nitrogens with zero attached hydrogens (tertiary/aromatic N) is 1. The van der Waals surface area contributed by atoms with Crippen molar-refractivity contribution in [3.63, 3.8) is 0 Å². The minimum atomic E-state index is 0.601. The molecule has 0 atom stereocenters. The zero-order valence-corrected chi connectivity index (χ0v) is 10.00. The summed E-state index contributed by atoms with van der Waals surface area (Å²) < 4.78 is 0. The van der Waals surface area contributed by atoms with Crippen LogP contribution in [0, 0.1) is 5.41 Å². The van der Waals surface area contributed by atoms with Gasteiger partial charge in [0, 0.05) is 30.7 Å². The molecule has 2 nitrogen and oxygen atoms in total. The van der Waals surface area contributed by atoms with E-state index < -0.39 is 0 Å². The summed E-state index contributed by atoms with van der Waals surface area (Å²) in [6, 6.07) is 9.06. The quantitative estimate of drug-likeness (QED) is 0.814. The molecule has 0 amide bonds. The molecule has 2 heteroatoms.